The molecule has 3 heteroatoms. The Kier molecular flexibility index (Phi) is 4.45. The molecule has 0 unspecified atom stereocenters. The number of aromatic nitrogens is 1. The average Bonchev–Trinajstić information content (AvgIpc) is 2.45. The summed E-state index contributed by atoms with van der Waals surface area (Å²) in [4.78, 5) is 15.6. The van der Waals surface area contributed by atoms with Crippen molar-refractivity contribution in [3.63, 3.8) is 0 Å². The van der Waals surface area contributed by atoms with Gasteiger partial charge >= 0.3 is 0 Å². The van der Waals surface area contributed by atoms with E-state index in [1.807, 2.05) is 43.3 Å². The topological polar surface area (TPSA) is 42.0 Å². The Morgan fingerprint density at radius 2 is 2.05 bits per heavy atom. The number of hydrogen-bond donors (Lipinski definition) is 1. The maximum Gasteiger partial charge on any atom is 0.244 e. The van der Waals surface area contributed by atoms with Crippen molar-refractivity contribution < 1.29 is 4.79 Å². The molecule has 1 aromatic heterocycles. The fraction of sp³-hybridized carbons (Fsp3) is 0.125. The molecule has 0 spiro atoms. The van der Waals surface area contributed by atoms with Gasteiger partial charge in [-0.1, -0.05) is 35.9 Å². The monoisotopic (exact) mass is 252 g/mol. The van der Waals surface area contributed by atoms with Crippen molar-refractivity contribution in [2.75, 3.05) is 0 Å². The molecule has 0 fully saturated rings. The van der Waals surface area contributed by atoms with Gasteiger partial charge in [0, 0.05) is 25.0 Å². The van der Waals surface area contributed by atoms with Gasteiger partial charge < -0.3 is 5.32 Å². The van der Waals surface area contributed by atoms with Crippen LogP contribution < -0.4 is 5.32 Å². The van der Waals surface area contributed by atoms with Crippen LogP contribution in [-0.2, 0) is 11.3 Å². The minimum atomic E-state index is -0.107. The molecule has 96 valence electrons. The first-order valence-corrected chi connectivity index (χ1v) is 6.15. The Morgan fingerprint density at radius 1 is 1.26 bits per heavy atom. The van der Waals surface area contributed by atoms with Gasteiger partial charge in [-0.25, -0.2) is 0 Å². The molecule has 1 heterocycles. The highest BCUT2D eigenvalue weighted by Gasteiger charge is 1.96. The van der Waals surface area contributed by atoms with Crippen molar-refractivity contribution in [1.29, 1.82) is 0 Å². The van der Waals surface area contributed by atoms with Gasteiger partial charge in [-0.15, -0.1) is 0 Å². The van der Waals surface area contributed by atoms with E-state index in [0.717, 1.165) is 11.1 Å². The fourth-order valence-electron chi connectivity index (χ4n) is 1.60. The van der Waals surface area contributed by atoms with E-state index in [-0.39, 0.29) is 5.91 Å². The molecule has 3 nitrogen and oxygen atoms in total. The van der Waals surface area contributed by atoms with E-state index in [1.165, 1.54) is 5.56 Å². The van der Waals surface area contributed by atoms with Crippen LogP contribution >= 0.6 is 0 Å². The number of pyridine rings is 1. The van der Waals surface area contributed by atoms with E-state index in [4.69, 9.17) is 0 Å². The third-order valence-electron chi connectivity index (χ3n) is 2.69. The van der Waals surface area contributed by atoms with Crippen LogP contribution in [0.25, 0.3) is 6.08 Å². The molecule has 0 radical (unpaired) electrons. The van der Waals surface area contributed by atoms with Crippen LogP contribution in [0.1, 0.15) is 16.7 Å². The number of nitrogens with one attached hydrogen (secondary N) is 1. The van der Waals surface area contributed by atoms with Gasteiger partial charge in [0.15, 0.2) is 0 Å². The molecule has 1 aromatic carbocycles. The summed E-state index contributed by atoms with van der Waals surface area (Å²) in [5.41, 5.74) is 3.21. The number of rotatable bonds is 4. The van der Waals surface area contributed by atoms with E-state index >= 15 is 0 Å². The number of amides is 1. The Bertz CT molecular complexity index is 559. The lowest BCUT2D eigenvalue weighted by molar-refractivity contribution is -0.116. The SMILES string of the molecule is Cc1ccc(/C=C\C(=O)NCc2cccnc2)cc1. The summed E-state index contributed by atoms with van der Waals surface area (Å²) < 4.78 is 0. The van der Waals surface area contributed by atoms with Crippen molar-refractivity contribution in [3.8, 4) is 0 Å². The van der Waals surface area contributed by atoms with Gasteiger partial charge in [0.1, 0.15) is 0 Å². The summed E-state index contributed by atoms with van der Waals surface area (Å²) in [6.07, 6.45) is 6.80. The number of nitrogens with zero attached hydrogens (tertiary/aromatic N) is 1. The molecule has 0 aliphatic rings. The molecule has 0 atom stereocenters. The van der Waals surface area contributed by atoms with Gasteiger partial charge in [0.05, 0.1) is 0 Å². The predicted molar refractivity (Wildman–Crippen MR) is 76.3 cm³/mol. The normalized spacial score (nSPS) is 10.6. The van der Waals surface area contributed by atoms with Crippen LogP contribution in [0.4, 0.5) is 0 Å². The van der Waals surface area contributed by atoms with Gasteiger partial charge in [-0.3, -0.25) is 9.78 Å². The third-order valence-corrected chi connectivity index (χ3v) is 2.69. The smallest absolute Gasteiger partial charge is 0.244 e. The number of hydrogen-bond acceptors (Lipinski definition) is 2. The number of carbonyl (C=O) groups excluding carboxylic acids is 1. The van der Waals surface area contributed by atoms with Crippen molar-refractivity contribution >= 4 is 12.0 Å². The molecule has 0 saturated carbocycles. The number of aryl methyl sites for hydroxylation is 1. The van der Waals surface area contributed by atoms with Gasteiger partial charge in [0.2, 0.25) is 5.91 Å². The van der Waals surface area contributed by atoms with Crippen molar-refractivity contribution in [3.05, 3.63) is 71.6 Å². The zero-order valence-corrected chi connectivity index (χ0v) is 10.8. The molecule has 2 rings (SSSR count). The first-order chi connectivity index (χ1) is 9.24. The number of carbonyl (C=O) groups is 1. The van der Waals surface area contributed by atoms with Crippen LogP contribution in [0.3, 0.4) is 0 Å². The molecule has 0 saturated heterocycles. The highest BCUT2D eigenvalue weighted by Crippen LogP contribution is 2.04. The van der Waals surface area contributed by atoms with Crippen molar-refractivity contribution in [2.45, 2.75) is 13.5 Å². The Balaban J connectivity index is 1.86. The predicted octanol–water partition coefficient (Wildman–Crippen LogP) is 2.72. The molecule has 2 aromatic rings. The standard InChI is InChI=1S/C16H16N2O/c1-13-4-6-14(7-5-13)8-9-16(19)18-12-15-3-2-10-17-11-15/h2-11H,12H2,1H3,(H,18,19)/b9-8-. The van der Waals surface area contributed by atoms with Crippen molar-refractivity contribution in [1.82, 2.24) is 10.3 Å². The lowest BCUT2D eigenvalue weighted by Crippen LogP contribution is -2.20. The lowest BCUT2D eigenvalue weighted by atomic mass is 10.1. The first-order valence-electron chi connectivity index (χ1n) is 6.15. The van der Waals surface area contributed by atoms with Crippen LogP contribution in [-0.4, -0.2) is 10.9 Å². The average molecular weight is 252 g/mol. The van der Waals surface area contributed by atoms with Crippen LogP contribution in [0.15, 0.2) is 54.9 Å². The largest absolute Gasteiger partial charge is 0.348 e. The first kappa shape index (κ1) is 13.0. The summed E-state index contributed by atoms with van der Waals surface area (Å²) in [6.45, 7) is 2.53. The second-order valence-corrected chi connectivity index (χ2v) is 4.32. The lowest BCUT2D eigenvalue weighted by Gasteiger charge is -2.01. The summed E-state index contributed by atoms with van der Waals surface area (Å²) in [5, 5.41) is 2.81. The molecular formula is C16H16N2O. The van der Waals surface area contributed by atoms with E-state index < -0.39 is 0 Å². The molecule has 19 heavy (non-hydrogen) atoms. The summed E-state index contributed by atoms with van der Waals surface area (Å²) >= 11 is 0. The molecule has 1 amide bonds. The molecular weight excluding hydrogens is 236 g/mol. The number of benzene rings is 1. The second kappa shape index (κ2) is 6.50. The minimum absolute atomic E-state index is 0.107. The van der Waals surface area contributed by atoms with Gasteiger partial charge in [0.25, 0.3) is 0 Å². The summed E-state index contributed by atoms with van der Waals surface area (Å²) in [7, 11) is 0. The fourth-order valence-corrected chi connectivity index (χ4v) is 1.60. The van der Waals surface area contributed by atoms with Crippen LogP contribution in [0, 0.1) is 6.92 Å². The quantitative estimate of drug-likeness (QED) is 0.850. The van der Waals surface area contributed by atoms with Crippen LogP contribution in [0.2, 0.25) is 0 Å². The zero-order valence-electron chi connectivity index (χ0n) is 10.8. The Hall–Kier alpha value is -2.42. The Morgan fingerprint density at radius 3 is 2.74 bits per heavy atom. The van der Waals surface area contributed by atoms with E-state index in [0.29, 0.717) is 6.54 Å². The van der Waals surface area contributed by atoms with E-state index in [1.54, 1.807) is 24.5 Å². The summed E-state index contributed by atoms with van der Waals surface area (Å²) in [5.74, 6) is -0.107. The highest BCUT2D eigenvalue weighted by molar-refractivity contribution is 5.91. The molecule has 1 N–H and O–H groups in total. The third kappa shape index (κ3) is 4.39. The van der Waals surface area contributed by atoms with E-state index in [2.05, 4.69) is 10.3 Å². The maximum atomic E-state index is 11.6. The minimum Gasteiger partial charge on any atom is -0.348 e. The molecule has 0 aliphatic carbocycles. The molecule has 0 aliphatic heterocycles. The van der Waals surface area contributed by atoms with Gasteiger partial charge in [-0.05, 0) is 30.2 Å². The Labute approximate surface area is 113 Å². The van der Waals surface area contributed by atoms with Crippen molar-refractivity contribution in [2.24, 2.45) is 0 Å². The van der Waals surface area contributed by atoms with Crippen LogP contribution in [0.5, 0.6) is 0 Å². The zero-order chi connectivity index (χ0) is 13.5. The van der Waals surface area contributed by atoms with Gasteiger partial charge in [-0.2, -0.15) is 0 Å². The highest BCUT2D eigenvalue weighted by atomic mass is 16.1. The second-order valence-electron chi connectivity index (χ2n) is 4.32. The maximum absolute atomic E-state index is 11.6. The van der Waals surface area contributed by atoms with E-state index in [9.17, 15) is 4.79 Å². The molecule has 0 bridgehead atoms. The summed E-state index contributed by atoms with van der Waals surface area (Å²) in [6, 6.07) is 11.8.